The van der Waals surface area contributed by atoms with Gasteiger partial charge in [0.1, 0.15) is 5.75 Å². The van der Waals surface area contributed by atoms with Gasteiger partial charge in [0.05, 0.1) is 0 Å². The van der Waals surface area contributed by atoms with Crippen molar-refractivity contribution in [3.8, 4) is 5.75 Å². The van der Waals surface area contributed by atoms with Crippen molar-refractivity contribution in [3.63, 3.8) is 0 Å². The fourth-order valence-corrected chi connectivity index (χ4v) is 3.88. The van der Waals surface area contributed by atoms with E-state index in [1.54, 1.807) is 6.07 Å². The maximum absolute atomic E-state index is 9.62. The number of hydrogen-bond donors (Lipinski definition) is 3. The van der Waals surface area contributed by atoms with Crippen molar-refractivity contribution in [1.29, 1.82) is 0 Å². The van der Waals surface area contributed by atoms with Crippen molar-refractivity contribution in [2.24, 2.45) is 5.92 Å². The van der Waals surface area contributed by atoms with Gasteiger partial charge in [-0.1, -0.05) is 18.9 Å². The average molecular weight is 275 g/mol. The lowest BCUT2D eigenvalue weighted by Crippen LogP contribution is -2.42. The van der Waals surface area contributed by atoms with Crippen LogP contribution in [0.15, 0.2) is 18.2 Å². The minimum Gasteiger partial charge on any atom is -0.508 e. The Bertz CT molecular complexity index is 460. The predicted octanol–water partition coefficient (Wildman–Crippen LogP) is 2.91. The van der Waals surface area contributed by atoms with Crippen LogP contribution < -0.4 is 5.32 Å². The normalized spacial score (nSPS) is 29.9. The van der Waals surface area contributed by atoms with Gasteiger partial charge >= 0.3 is 0 Å². The van der Waals surface area contributed by atoms with Gasteiger partial charge in [-0.2, -0.15) is 0 Å². The number of phenolic OH excluding ortho intramolecular Hbond substituents is 1. The molecule has 0 heterocycles. The van der Waals surface area contributed by atoms with E-state index in [4.69, 9.17) is 0 Å². The number of fused-ring (bicyclic) bond motifs is 1. The summed E-state index contributed by atoms with van der Waals surface area (Å²) in [6.45, 7) is 0.298. The van der Waals surface area contributed by atoms with E-state index in [9.17, 15) is 10.2 Å². The highest BCUT2D eigenvalue weighted by Crippen LogP contribution is 2.34. The Kier molecular flexibility index (Phi) is 4.27. The summed E-state index contributed by atoms with van der Waals surface area (Å²) < 4.78 is 0. The second kappa shape index (κ2) is 6.15. The number of aryl methyl sites for hydroxylation is 1. The lowest BCUT2D eigenvalue weighted by atomic mass is 9.82. The second-order valence-corrected chi connectivity index (χ2v) is 6.33. The lowest BCUT2D eigenvalue weighted by Gasteiger charge is -2.36. The van der Waals surface area contributed by atoms with Gasteiger partial charge in [-0.25, -0.2) is 0 Å². The Morgan fingerprint density at radius 1 is 1.10 bits per heavy atom. The van der Waals surface area contributed by atoms with Crippen LogP contribution in [0.2, 0.25) is 0 Å². The van der Waals surface area contributed by atoms with Gasteiger partial charge < -0.3 is 15.5 Å². The van der Waals surface area contributed by atoms with Crippen LogP contribution in [0.25, 0.3) is 0 Å². The van der Waals surface area contributed by atoms with Crippen molar-refractivity contribution in [2.75, 3.05) is 6.61 Å². The van der Waals surface area contributed by atoms with Crippen molar-refractivity contribution < 1.29 is 10.2 Å². The SMILES string of the molecule is OCC1CCCCC1NC1CCCc2cc(O)ccc21. The van der Waals surface area contributed by atoms with E-state index < -0.39 is 0 Å². The van der Waals surface area contributed by atoms with Crippen LogP contribution >= 0.6 is 0 Å². The highest BCUT2D eigenvalue weighted by molar-refractivity contribution is 5.38. The van der Waals surface area contributed by atoms with Gasteiger partial charge in [0, 0.05) is 18.7 Å². The van der Waals surface area contributed by atoms with Gasteiger partial charge in [-0.3, -0.25) is 0 Å². The molecule has 3 N–H and O–H groups in total. The van der Waals surface area contributed by atoms with Crippen LogP contribution in [0, 0.1) is 5.92 Å². The van der Waals surface area contributed by atoms with Crippen molar-refractivity contribution in [1.82, 2.24) is 5.32 Å². The van der Waals surface area contributed by atoms with E-state index in [2.05, 4.69) is 11.4 Å². The zero-order valence-corrected chi connectivity index (χ0v) is 12.0. The largest absolute Gasteiger partial charge is 0.508 e. The fraction of sp³-hybridized carbons (Fsp3) is 0.647. The standard InChI is InChI=1S/C17H25NO2/c19-11-13-4-1-2-6-16(13)18-17-7-3-5-12-10-14(20)8-9-15(12)17/h8-10,13,16-20H,1-7,11H2. The summed E-state index contributed by atoms with van der Waals surface area (Å²) in [5.41, 5.74) is 2.63. The smallest absolute Gasteiger partial charge is 0.115 e. The summed E-state index contributed by atoms with van der Waals surface area (Å²) >= 11 is 0. The topological polar surface area (TPSA) is 52.5 Å². The molecule has 3 rings (SSSR count). The zero-order chi connectivity index (χ0) is 13.9. The van der Waals surface area contributed by atoms with Crippen molar-refractivity contribution in [2.45, 2.75) is 57.0 Å². The van der Waals surface area contributed by atoms with E-state index in [1.807, 2.05) is 6.07 Å². The molecule has 1 fully saturated rings. The highest BCUT2D eigenvalue weighted by atomic mass is 16.3. The van der Waals surface area contributed by atoms with Crippen molar-refractivity contribution in [3.05, 3.63) is 29.3 Å². The summed E-state index contributed by atoms with van der Waals surface area (Å²) in [4.78, 5) is 0. The first-order chi connectivity index (χ1) is 9.78. The Balaban J connectivity index is 1.75. The Morgan fingerprint density at radius 2 is 1.95 bits per heavy atom. The molecule has 1 saturated carbocycles. The number of nitrogens with one attached hydrogen (secondary N) is 1. The van der Waals surface area contributed by atoms with Gasteiger partial charge in [0.2, 0.25) is 0 Å². The third kappa shape index (κ3) is 2.84. The van der Waals surface area contributed by atoms with Crippen molar-refractivity contribution >= 4 is 0 Å². The molecule has 110 valence electrons. The summed E-state index contributed by atoms with van der Waals surface area (Å²) in [7, 11) is 0. The maximum atomic E-state index is 9.62. The average Bonchev–Trinajstić information content (AvgIpc) is 2.47. The van der Waals surface area contributed by atoms with E-state index in [0.717, 1.165) is 19.3 Å². The number of aliphatic hydroxyl groups excluding tert-OH is 1. The summed E-state index contributed by atoms with van der Waals surface area (Å²) in [5, 5.41) is 23.0. The van der Waals surface area contributed by atoms with Gasteiger partial charge in [-0.05, 0) is 61.3 Å². The number of aliphatic hydroxyl groups is 1. The number of hydrogen-bond acceptors (Lipinski definition) is 3. The monoisotopic (exact) mass is 275 g/mol. The molecule has 0 saturated heterocycles. The molecule has 1 aromatic carbocycles. The number of phenols is 1. The highest BCUT2D eigenvalue weighted by Gasteiger charge is 2.29. The fourth-order valence-electron chi connectivity index (χ4n) is 3.88. The molecule has 0 aliphatic heterocycles. The minimum atomic E-state index is 0.298. The summed E-state index contributed by atoms with van der Waals surface area (Å²) in [6, 6.07) is 6.60. The molecule has 0 spiro atoms. The van der Waals surface area contributed by atoms with E-state index >= 15 is 0 Å². The molecule has 2 aliphatic rings. The third-order valence-electron chi connectivity index (χ3n) is 5.00. The zero-order valence-electron chi connectivity index (χ0n) is 12.0. The summed E-state index contributed by atoms with van der Waals surface area (Å²) in [6.07, 6.45) is 8.23. The number of benzene rings is 1. The molecular weight excluding hydrogens is 250 g/mol. The van der Waals surface area contributed by atoms with E-state index in [-0.39, 0.29) is 0 Å². The van der Waals surface area contributed by atoms with Crippen LogP contribution in [0.1, 0.15) is 55.7 Å². The Labute approximate surface area is 121 Å². The first kappa shape index (κ1) is 13.9. The molecule has 2 aliphatic carbocycles. The molecule has 0 bridgehead atoms. The van der Waals surface area contributed by atoms with Gasteiger partial charge in [-0.15, -0.1) is 0 Å². The molecular formula is C17H25NO2. The molecule has 3 nitrogen and oxygen atoms in total. The minimum absolute atomic E-state index is 0.298. The Morgan fingerprint density at radius 3 is 2.80 bits per heavy atom. The van der Waals surface area contributed by atoms with Crippen LogP contribution in [0.3, 0.4) is 0 Å². The number of rotatable bonds is 3. The van der Waals surface area contributed by atoms with Crippen LogP contribution in [-0.2, 0) is 6.42 Å². The first-order valence-electron chi connectivity index (χ1n) is 7.96. The van der Waals surface area contributed by atoms with Crippen LogP contribution in [0.4, 0.5) is 0 Å². The second-order valence-electron chi connectivity index (χ2n) is 6.33. The molecule has 1 aromatic rings. The molecule has 3 atom stereocenters. The summed E-state index contributed by atoms with van der Waals surface area (Å²) in [5.74, 6) is 0.779. The third-order valence-corrected chi connectivity index (χ3v) is 5.00. The molecule has 0 radical (unpaired) electrons. The van der Waals surface area contributed by atoms with E-state index in [0.29, 0.717) is 30.4 Å². The van der Waals surface area contributed by atoms with Crippen LogP contribution in [-0.4, -0.2) is 22.9 Å². The molecule has 3 heteroatoms. The molecule has 0 aromatic heterocycles. The van der Waals surface area contributed by atoms with E-state index in [1.165, 1.54) is 36.8 Å². The lowest BCUT2D eigenvalue weighted by molar-refractivity contribution is 0.143. The van der Waals surface area contributed by atoms with Gasteiger partial charge in [0.25, 0.3) is 0 Å². The Hall–Kier alpha value is -1.06. The molecule has 20 heavy (non-hydrogen) atoms. The number of aromatic hydroxyl groups is 1. The van der Waals surface area contributed by atoms with Crippen LogP contribution in [0.5, 0.6) is 5.75 Å². The maximum Gasteiger partial charge on any atom is 0.115 e. The quantitative estimate of drug-likeness (QED) is 0.795. The molecule has 0 amide bonds. The predicted molar refractivity (Wildman–Crippen MR) is 79.8 cm³/mol. The molecule has 3 unspecified atom stereocenters. The van der Waals surface area contributed by atoms with Gasteiger partial charge in [0.15, 0.2) is 0 Å². The first-order valence-corrected chi connectivity index (χ1v) is 7.96.